The number of hydrogen-bond acceptors (Lipinski definition) is 6. The van der Waals surface area contributed by atoms with Crippen molar-refractivity contribution < 1.29 is 19.1 Å². The average Bonchev–Trinajstić information content (AvgIpc) is 2.96. The second kappa shape index (κ2) is 11.0. The van der Waals surface area contributed by atoms with E-state index in [9.17, 15) is 19.2 Å². The quantitative estimate of drug-likeness (QED) is 0.430. The van der Waals surface area contributed by atoms with E-state index in [2.05, 4.69) is 10.2 Å². The number of carbonyl (C=O) groups is 3. The summed E-state index contributed by atoms with van der Waals surface area (Å²) in [5.74, 6) is 0.00757. The average molecular weight is 555 g/mol. The van der Waals surface area contributed by atoms with Gasteiger partial charge in [-0.2, -0.15) is 0 Å². The van der Waals surface area contributed by atoms with Crippen molar-refractivity contribution in [1.29, 1.82) is 0 Å². The van der Waals surface area contributed by atoms with Crippen molar-refractivity contribution in [3.63, 3.8) is 0 Å². The zero-order valence-corrected chi connectivity index (χ0v) is 23.1. The first-order valence-corrected chi connectivity index (χ1v) is 14.2. The Bertz CT molecular complexity index is 1520. The minimum atomic E-state index is -1.50. The van der Waals surface area contributed by atoms with Gasteiger partial charge in [-0.1, -0.05) is 48.5 Å². The van der Waals surface area contributed by atoms with Crippen molar-refractivity contribution in [2.45, 2.75) is 38.8 Å². The number of hydrogen-bond donors (Lipinski definition) is 1. The Morgan fingerprint density at radius 3 is 2.41 bits per heavy atom. The van der Waals surface area contributed by atoms with E-state index in [0.29, 0.717) is 32.0 Å². The molecule has 0 spiro atoms. The Kier molecular flexibility index (Phi) is 7.21. The molecule has 4 amide bonds. The van der Waals surface area contributed by atoms with Gasteiger partial charge in [0.15, 0.2) is 0 Å². The highest BCUT2D eigenvalue weighted by molar-refractivity contribution is 6.19. The van der Waals surface area contributed by atoms with Crippen molar-refractivity contribution in [3.8, 4) is 5.75 Å². The first-order chi connectivity index (χ1) is 19.9. The van der Waals surface area contributed by atoms with Gasteiger partial charge in [-0.15, -0.1) is 0 Å². The molecule has 3 atom stereocenters. The molecule has 9 nitrogen and oxygen atoms in total. The Labute approximate surface area is 238 Å². The smallest absolute Gasteiger partial charge is 0.331 e. The number of piperidine rings is 1. The molecular formula is C32H34N4O5. The normalized spacial score (nSPS) is 24.1. The van der Waals surface area contributed by atoms with Crippen LogP contribution in [0, 0.1) is 11.3 Å². The van der Waals surface area contributed by atoms with Crippen LogP contribution in [-0.2, 0) is 29.1 Å². The Hall–Kier alpha value is -4.24. The number of carbonyl (C=O) groups excluding carboxylic acids is 3. The lowest BCUT2D eigenvalue weighted by Crippen LogP contribution is -2.67. The van der Waals surface area contributed by atoms with Gasteiger partial charge in [0.2, 0.25) is 11.8 Å². The monoisotopic (exact) mass is 554 g/mol. The third kappa shape index (κ3) is 5.17. The molecule has 0 saturated carbocycles. The van der Waals surface area contributed by atoms with Crippen molar-refractivity contribution in [3.05, 3.63) is 100.0 Å². The van der Waals surface area contributed by atoms with E-state index in [-0.39, 0.29) is 36.9 Å². The third-order valence-corrected chi connectivity index (χ3v) is 8.53. The highest BCUT2D eigenvalue weighted by Gasteiger charge is 2.55. The van der Waals surface area contributed by atoms with E-state index in [1.807, 2.05) is 72.2 Å². The van der Waals surface area contributed by atoms with E-state index in [4.69, 9.17) is 4.74 Å². The van der Waals surface area contributed by atoms with Gasteiger partial charge in [-0.25, -0.2) is 4.79 Å². The van der Waals surface area contributed by atoms with Crippen LogP contribution in [-0.4, -0.2) is 58.5 Å². The largest absolute Gasteiger partial charge is 0.494 e. The van der Waals surface area contributed by atoms with E-state index < -0.39 is 23.3 Å². The summed E-state index contributed by atoms with van der Waals surface area (Å²) >= 11 is 0. The third-order valence-electron chi connectivity index (χ3n) is 8.53. The van der Waals surface area contributed by atoms with Crippen LogP contribution in [0.1, 0.15) is 36.1 Å². The zero-order valence-electron chi connectivity index (χ0n) is 23.1. The van der Waals surface area contributed by atoms with E-state index >= 15 is 0 Å². The molecule has 2 fully saturated rings. The van der Waals surface area contributed by atoms with E-state index in [0.717, 1.165) is 23.2 Å². The summed E-state index contributed by atoms with van der Waals surface area (Å²) in [6, 6.07) is 21.4. The minimum Gasteiger partial charge on any atom is -0.494 e. The van der Waals surface area contributed by atoms with Crippen LogP contribution in [0.3, 0.4) is 0 Å². The Morgan fingerprint density at radius 2 is 1.66 bits per heavy atom. The first kappa shape index (κ1) is 27.0. The van der Waals surface area contributed by atoms with Crippen LogP contribution >= 0.6 is 0 Å². The molecule has 2 saturated heterocycles. The highest BCUT2D eigenvalue weighted by atomic mass is 16.5. The molecule has 3 aliphatic rings. The van der Waals surface area contributed by atoms with Gasteiger partial charge >= 0.3 is 6.03 Å². The summed E-state index contributed by atoms with van der Waals surface area (Å²) in [7, 11) is 0. The van der Waals surface area contributed by atoms with E-state index in [1.54, 1.807) is 12.1 Å². The number of urea groups is 1. The number of nitrogens with zero attached hydrogens (tertiary/aromatic N) is 3. The highest BCUT2D eigenvalue weighted by Crippen LogP contribution is 2.38. The molecule has 9 heteroatoms. The van der Waals surface area contributed by atoms with Gasteiger partial charge in [0.25, 0.3) is 5.56 Å². The number of pyridine rings is 1. The van der Waals surface area contributed by atoms with Crippen molar-refractivity contribution in [2.24, 2.45) is 11.3 Å². The van der Waals surface area contributed by atoms with Gasteiger partial charge in [0.05, 0.1) is 13.2 Å². The number of likely N-dealkylation sites (tertiary alicyclic amines) is 1. The maximum Gasteiger partial charge on any atom is 0.331 e. The summed E-state index contributed by atoms with van der Waals surface area (Å²) in [6.07, 6.45) is 1.11. The number of nitrogens with one attached hydrogen (secondary N) is 1. The number of aromatic nitrogens is 1. The van der Waals surface area contributed by atoms with Crippen LogP contribution in [0.2, 0.25) is 0 Å². The summed E-state index contributed by atoms with van der Waals surface area (Å²) in [6.45, 7) is 4.60. The molecule has 2 bridgehead atoms. The number of barbiturate groups is 1. The predicted molar refractivity (Wildman–Crippen MR) is 152 cm³/mol. The van der Waals surface area contributed by atoms with Crippen LogP contribution in [0.25, 0.3) is 0 Å². The molecule has 212 valence electrons. The molecule has 3 aromatic rings. The lowest BCUT2D eigenvalue weighted by molar-refractivity contribution is -0.154. The zero-order chi connectivity index (χ0) is 28.6. The SMILES string of the molecule is CCOc1ccc(CC2(CN3CC4CC(C3)c3cccc(=O)n3C4)C(=O)NC(=O)N(Cc3ccccc3)C2=O)cc1. The topological polar surface area (TPSA) is 101 Å². The molecule has 0 radical (unpaired) electrons. The van der Waals surface area contributed by atoms with Crippen molar-refractivity contribution in [1.82, 2.24) is 19.7 Å². The Morgan fingerprint density at radius 1 is 0.878 bits per heavy atom. The summed E-state index contributed by atoms with van der Waals surface area (Å²) in [5.41, 5.74) is 1.11. The van der Waals surface area contributed by atoms with Crippen LogP contribution in [0.15, 0.2) is 77.6 Å². The number of rotatable bonds is 8. The van der Waals surface area contributed by atoms with Gasteiger partial charge in [0.1, 0.15) is 11.2 Å². The molecule has 0 aliphatic carbocycles. The number of ether oxygens (including phenoxy) is 1. The Balaban J connectivity index is 1.34. The van der Waals surface area contributed by atoms with Gasteiger partial charge < -0.3 is 14.2 Å². The van der Waals surface area contributed by atoms with Gasteiger partial charge in [0, 0.05) is 43.9 Å². The second-order valence-corrected chi connectivity index (χ2v) is 11.4. The summed E-state index contributed by atoms with van der Waals surface area (Å²) < 4.78 is 7.45. The minimum absolute atomic E-state index is 0.00882. The van der Waals surface area contributed by atoms with Crippen molar-refractivity contribution >= 4 is 17.8 Å². The van der Waals surface area contributed by atoms with Crippen LogP contribution < -0.4 is 15.6 Å². The second-order valence-electron chi connectivity index (χ2n) is 11.4. The molecule has 1 aromatic heterocycles. The molecule has 41 heavy (non-hydrogen) atoms. The molecule has 4 heterocycles. The van der Waals surface area contributed by atoms with Crippen molar-refractivity contribution in [2.75, 3.05) is 26.2 Å². The fraction of sp³-hybridized carbons (Fsp3) is 0.375. The molecule has 1 N–H and O–H groups in total. The predicted octanol–water partition coefficient (Wildman–Crippen LogP) is 3.17. The summed E-state index contributed by atoms with van der Waals surface area (Å²) in [4.78, 5) is 57.0. The van der Waals surface area contributed by atoms with Gasteiger partial charge in [-0.3, -0.25) is 24.6 Å². The lowest BCUT2D eigenvalue weighted by atomic mass is 9.75. The fourth-order valence-corrected chi connectivity index (χ4v) is 6.72. The molecule has 3 unspecified atom stereocenters. The molecule has 3 aliphatic heterocycles. The number of imide groups is 2. The van der Waals surface area contributed by atoms with Crippen LogP contribution in [0.5, 0.6) is 5.75 Å². The molecular weight excluding hydrogens is 520 g/mol. The maximum atomic E-state index is 14.4. The lowest BCUT2D eigenvalue weighted by Gasteiger charge is -2.47. The van der Waals surface area contributed by atoms with E-state index in [1.165, 1.54) is 4.90 Å². The standard InChI is InChI=1S/C32H34N4O5/c1-2-41-26-13-11-22(12-14-26)16-32(29(38)33-31(40)36(30(32)39)18-23-7-4-3-5-8-23)21-34-17-24-15-25(20-34)27-9-6-10-28(37)35(27)19-24/h3-14,24-25H,2,15-21H2,1H3,(H,33,38,40). The first-order valence-electron chi connectivity index (χ1n) is 14.2. The van der Waals surface area contributed by atoms with Crippen LogP contribution in [0.4, 0.5) is 4.79 Å². The number of benzene rings is 2. The number of fused-ring (bicyclic) bond motifs is 4. The fourth-order valence-electron chi connectivity index (χ4n) is 6.72. The molecule has 2 aromatic carbocycles. The summed E-state index contributed by atoms with van der Waals surface area (Å²) in [5, 5.41) is 2.52. The van der Waals surface area contributed by atoms with Gasteiger partial charge in [-0.05, 0) is 55.0 Å². The number of amides is 4. The maximum absolute atomic E-state index is 14.4. The molecule has 6 rings (SSSR count).